The molecule has 4 rings (SSSR count). The monoisotopic (exact) mass is 307 g/mol. The Kier molecular flexibility index (Phi) is 3.42. The molecule has 114 valence electrons. The Bertz CT molecular complexity index is 820. The first kappa shape index (κ1) is 13.8. The molecule has 0 atom stereocenters. The van der Waals surface area contributed by atoms with E-state index in [0.29, 0.717) is 18.2 Å². The summed E-state index contributed by atoms with van der Waals surface area (Å²) in [5.41, 5.74) is 3.14. The fraction of sp³-hybridized carbons (Fsp3) is 0.176. The first-order valence-electron chi connectivity index (χ1n) is 7.41. The third-order valence-corrected chi connectivity index (χ3v) is 3.95. The van der Waals surface area contributed by atoms with Crippen LogP contribution < -0.4 is 4.90 Å². The van der Waals surface area contributed by atoms with Gasteiger partial charge < -0.3 is 4.90 Å². The van der Waals surface area contributed by atoms with E-state index in [-0.39, 0.29) is 5.82 Å². The van der Waals surface area contributed by atoms with Crippen molar-refractivity contribution in [1.82, 2.24) is 19.9 Å². The third kappa shape index (κ3) is 2.75. The molecule has 0 N–H and O–H groups in total. The Balaban J connectivity index is 1.57. The van der Waals surface area contributed by atoms with E-state index in [1.807, 2.05) is 6.07 Å². The summed E-state index contributed by atoms with van der Waals surface area (Å²) in [6.45, 7) is 1.53. The van der Waals surface area contributed by atoms with Crippen LogP contribution in [0.4, 0.5) is 10.1 Å². The fourth-order valence-electron chi connectivity index (χ4n) is 2.76. The predicted octanol–water partition coefficient (Wildman–Crippen LogP) is 2.64. The first-order valence-corrected chi connectivity index (χ1v) is 7.41. The maximum atomic E-state index is 13.4. The van der Waals surface area contributed by atoms with E-state index in [0.717, 1.165) is 24.2 Å². The zero-order valence-corrected chi connectivity index (χ0v) is 12.4. The predicted molar refractivity (Wildman–Crippen MR) is 84.2 cm³/mol. The minimum atomic E-state index is -0.196. The van der Waals surface area contributed by atoms with E-state index in [4.69, 9.17) is 0 Å². The highest BCUT2D eigenvalue weighted by Crippen LogP contribution is 2.24. The summed E-state index contributed by atoms with van der Waals surface area (Å²) in [6, 6.07) is 6.75. The Morgan fingerprint density at radius 3 is 2.43 bits per heavy atom. The van der Waals surface area contributed by atoms with Crippen LogP contribution in [0.1, 0.15) is 11.1 Å². The van der Waals surface area contributed by atoms with Gasteiger partial charge in [-0.05, 0) is 35.7 Å². The lowest BCUT2D eigenvalue weighted by atomic mass is 9.99. The summed E-state index contributed by atoms with van der Waals surface area (Å²) in [5, 5.41) is 0. The quantitative estimate of drug-likeness (QED) is 0.728. The molecule has 0 unspecified atom stereocenters. The van der Waals surface area contributed by atoms with Crippen molar-refractivity contribution in [2.75, 3.05) is 11.4 Å². The van der Waals surface area contributed by atoms with Gasteiger partial charge in [0.1, 0.15) is 5.82 Å². The molecule has 5 nitrogen and oxygen atoms in total. The summed E-state index contributed by atoms with van der Waals surface area (Å²) >= 11 is 0. The van der Waals surface area contributed by atoms with E-state index in [2.05, 4.69) is 24.8 Å². The van der Waals surface area contributed by atoms with Crippen molar-refractivity contribution in [3.05, 3.63) is 66.0 Å². The molecule has 0 bridgehead atoms. The minimum Gasteiger partial charge on any atom is -0.364 e. The van der Waals surface area contributed by atoms with Crippen molar-refractivity contribution in [3.63, 3.8) is 0 Å². The molecule has 0 saturated carbocycles. The topological polar surface area (TPSA) is 54.8 Å². The lowest BCUT2D eigenvalue weighted by Gasteiger charge is -2.30. The van der Waals surface area contributed by atoms with E-state index in [1.165, 1.54) is 11.6 Å². The smallest absolute Gasteiger partial charge is 0.197 e. The molecular formula is C17H14FN5. The molecular weight excluding hydrogens is 293 g/mol. The van der Waals surface area contributed by atoms with Crippen LogP contribution >= 0.6 is 0 Å². The summed E-state index contributed by atoms with van der Waals surface area (Å²) in [4.78, 5) is 19.1. The molecule has 1 aliphatic rings. The van der Waals surface area contributed by atoms with Gasteiger partial charge in [-0.1, -0.05) is 6.07 Å². The molecule has 0 spiro atoms. The molecule has 0 radical (unpaired) electrons. The van der Waals surface area contributed by atoms with Crippen molar-refractivity contribution in [3.8, 4) is 11.6 Å². The number of hydrogen-bond acceptors (Lipinski definition) is 5. The zero-order chi connectivity index (χ0) is 15.6. The normalized spacial score (nSPS) is 13.7. The number of aromatic nitrogens is 4. The molecule has 3 heterocycles. The van der Waals surface area contributed by atoms with Crippen LogP contribution in [0.5, 0.6) is 0 Å². The summed E-state index contributed by atoms with van der Waals surface area (Å²) in [6.07, 6.45) is 7.75. The minimum absolute atomic E-state index is 0.196. The van der Waals surface area contributed by atoms with Crippen LogP contribution in [-0.4, -0.2) is 26.5 Å². The van der Waals surface area contributed by atoms with Crippen molar-refractivity contribution in [1.29, 1.82) is 0 Å². The number of rotatable bonds is 2. The lowest BCUT2D eigenvalue weighted by molar-refractivity contribution is 0.618. The van der Waals surface area contributed by atoms with E-state index < -0.39 is 0 Å². The second kappa shape index (κ2) is 5.72. The van der Waals surface area contributed by atoms with Crippen molar-refractivity contribution < 1.29 is 4.39 Å². The molecule has 0 saturated heterocycles. The Labute approximate surface area is 132 Å². The van der Waals surface area contributed by atoms with Crippen LogP contribution in [0.25, 0.3) is 11.6 Å². The summed E-state index contributed by atoms with van der Waals surface area (Å²) in [7, 11) is 0. The Morgan fingerprint density at radius 2 is 1.65 bits per heavy atom. The third-order valence-electron chi connectivity index (χ3n) is 3.95. The van der Waals surface area contributed by atoms with Gasteiger partial charge in [0.05, 0.1) is 18.1 Å². The van der Waals surface area contributed by atoms with Crippen LogP contribution in [0, 0.1) is 5.82 Å². The fourth-order valence-corrected chi connectivity index (χ4v) is 2.76. The van der Waals surface area contributed by atoms with Crippen LogP contribution in [0.15, 0.2) is 49.1 Å². The molecule has 6 heteroatoms. The van der Waals surface area contributed by atoms with Gasteiger partial charge in [0, 0.05) is 25.5 Å². The maximum Gasteiger partial charge on any atom is 0.197 e. The highest BCUT2D eigenvalue weighted by molar-refractivity contribution is 5.50. The molecule has 3 aromatic rings. The van der Waals surface area contributed by atoms with Crippen molar-refractivity contribution >= 4 is 5.69 Å². The summed E-state index contributed by atoms with van der Waals surface area (Å²) in [5.74, 6) is 0.807. The van der Waals surface area contributed by atoms with Gasteiger partial charge in [-0.2, -0.15) is 0 Å². The van der Waals surface area contributed by atoms with Gasteiger partial charge in [0.15, 0.2) is 11.6 Å². The van der Waals surface area contributed by atoms with Crippen molar-refractivity contribution in [2.45, 2.75) is 13.0 Å². The van der Waals surface area contributed by atoms with Crippen LogP contribution in [0.2, 0.25) is 0 Å². The maximum absolute atomic E-state index is 13.4. The molecule has 23 heavy (non-hydrogen) atoms. The first-order chi connectivity index (χ1) is 11.3. The van der Waals surface area contributed by atoms with E-state index in [9.17, 15) is 4.39 Å². The highest BCUT2D eigenvalue weighted by Gasteiger charge is 2.18. The molecule has 2 aromatic heterocycles. The number of nitrogens with zero attached hydrogens (tertiary/aromatic N) is 5. The van der Waals surface area contributed by atoms with Gasteiger partial charge in [0.25, 0.3) is 0 Å². The average molecular weight is 307 g/mol. The lowest BCUT2D eigenvalue weighted by Crippen LogP contribution is -2.30. The average Bonchev–Trinajstić information content (AvgIpc) is 2.62. The van der Waals surface area contributed by atoms with Crippen LogP contribution in [-0.2, 0) is 13.0 Å². The largest absolute Gasteiger partial charge is 0.364 e. The molecule has 0 aliphatic carbocycles. The summed E-state index contributed by atoms with van der Waals surface area (Å²) < 4.78 is 13.4. The van der Waals surface area contributed by atoms with Gasteiger partial charge >= 0.3 is 0 Å². The number of fused-ring (bicyclic) bond motifs is 1. The van der Waals surface area contributed by atoms with Gasteiger partial charge in [0.2, 0.25) is 0 Å². The molecule has 0 amide bonds. The number of benzene rings is 1. The standard InChI is InChI=1S/C17H14FN5/c18-14-3-2-12-4-7-23(11-13(12)8-14)15-9-21-17(22-10-15)16-19-5-1-6-20-16/h1-3,5-6,8-10H,4,7,11H2. The molecule has 1 aliphatic heterocycles. The number of anilines is 1. The van der Waals surface area contributed by atoms with E-state index >= 15 is 0 Å². The molecule has 0 fully saturated rings. The van der Waals surface area contributed by atoms with Gasteiger partial charge in [-0.25, -0.2) is 24.3 Å². The highest BCUT2D eigenvalue weighted by atomic mass is 19.1. The number of hydrogen-bond donors (Lipinski definition) is 0. The Morgan fingerprint density at radius 1 is 0.913 bits per heavy atom. The SMILES string of the molecule is Fc1ccc2c(c1)CN(c1cnc(-c3ncccn3)nc1)CC2. The number of halogens is 1. The second-order valence-corrected chi connectivity index (χ2v) is 5.42. The van der Waals surface area contributed by atoms with Crippen LogP contribution in [0.3, 0.4) is 0 Å². The second-order valence-electron chi connectivity index (χ2n) is 5.42. The molecule has 1 aromatic carbocycles. The van der Waals surface area contributed by atoms with Gasteiger partial charge in [-0.3, -0.25) is 0 Å². The zero-order valence-electron chi connectivity index (χ0n) is 12.4. The van der Waals surface area contributed by atoms with Crippen molar-refractivity contribution in [2.24, 2.45) is 0 Å². The van der Waals surface area contributed by atoms with E-state index in [1.54, 1.807) is 36.9 Å². The Hall–Kier alpha value is -2.89. The van der Waals surface area contributed by atoms with Gasteiger partial charge in [-0.15, -0.1) is 0 Å².